The number of aryl methyl sites for hydroxylation is 1. The van der Waals surface area contributed by atoms with E-state index in [1.165, 1.54) is 16.7 Å². The van der Waals surface area contributed by atoms with E-state index in [0.717, 1.165) is 25.0 Å². The summed E-state index contributed by atoms with van der Waals surface area (Å²) in [5.41, 5.74) is 3.94. The van der Waals surface area contributed by atoms with Gasteiger partial charge in [0.15, 0.2) is 0 Å². The molecule has 0 saturated heterocycles. The van der Waals surface area contributed by atoms with Gasteiger partial charge >= 0.3 is 0 Å². The van der Waals surface area contributed by atoms with Crippen LogP contribution in [0.3, 0.4) is 0 Å². The van der Waals surface area contributed by atoms with E-state index in [2.05, 4.69) is 52.7 Å². The minimum Gasteiger partial charge on any atom is -0.493 e. The number of terminal acetylenes is 1. The first-order chi connectivity index (χ1) is 9.85. The van der Waals surface area contributed by atoms with E-state index in [1.54, 1.807) is 0 Å². The second kappa shape index (κ2) is 7.55. The molecule has 0 N–H and O–H groups in total. The summed E-state index contributed by atoms with van der Waals surface area (Å²) in [5, 5.41) is 0. The maximum Gasteiger partial charge on any atom is 0.126 e. The zero-order valence-electron chi connectivity index (χ0n) is 14.5. The molecule has 1 nitrogen and oxygen atoms in total. The van der Waals surface area contributed by atoms with Crippen molar-refractivity contribution in [1.82, 2.24) is 0 Å². The fraction of sp³-hybridized carbons (Fsp3) is 0.600. The molecule has 116 valence electrons. The Morgan fingerprint density at radius 3 is 2.38 bits per heavy atom. The molecule has 0 radical (unpaired) electrons. The highest BCUT2D eigenvalue weighted by molar-refractivity contribution is 5.49. The zero-order chi connectivity index (χ0) is 16.0. The van der Waals surface area contributed by atoms with Crippen molar-refractivity contribution in [2.24, 2.45) is 0 Å². The molecule has 0 amide bonds. The highest BCUT2D eigenvalue weighted by Gasteiger charge is 2.25. The van der Waals surface area contributed by atoms with Crippen LogP contribution < -0.4 is 4.74 Å². The fourth-order valence-corrected chi connectivity index (χ4v) is 2.83. The molecule has 1 aromatic carbocycles. The Kier molecular flexibility index (Phi) is 6.34. The van der Waals surface area contributed by atoms with Crippen LogP contribution in [0.4, 0.5) is 0 Å². The molecule has 0 aliphatic carbocycles. The minimum atomic E-state index is 0.0676. The van der Waals surface area contributed by atoms with Crippen molar-refractivity contribution in [3.05, 3.63) is 28.8 Å². The van der Waals surface area contributed by atoms with E-state index in [0.29, 0.717) is 12.5 Å². The zero-order valence-corrected chi connectivity index (χ0v) is 14.5. The van der Waals surface area contributed by atoms with Crippen molar-refractivity contribution in [2.75, 3.05) is 6.61 Å². The number of ether oxygens (including phenoxy) is 1. The SMILES string of the molecule is C#CCC(CCC)c1cc(C)cc(C(C)(C)C)c1OCC. The molecule has 1 unspecified atom stereocenters. The van der Waals surface area contributed by atoms with Gasteiger partial charge in [-0.2, -0.15) is 0 Å². The lowest BCUT2D eigenvalue weighted by Gasteiger charge is -2.28. The summed E-state index contributed by atoms with van der Waals surface area (Å²) < 4.78 is 6.05. The predicted octanol–water partition coefficient (Wildman–Crippen LogP) is 5.60. The molecule has 1 rings (SSSR count). The second-order valence-electron chi connectivity index (χ2n) is 6.81. The quantitative estimate of drug-likeness (QED) is 0.619. The molecule has 21 heavy (non-hydrogen) atoms. The molecule has 0 heterocycles. The summed E-state index contributed by atoms with van der Waals surface area (Å²) in [6.07, 6.45) is 8.61. The van der Waals surface area contributed by atoms with Gasteiger partial charge < -0.3 is 4.74 Å². The average Bonchev–Trinajstić information content (AvgIpc) is 2.39. The third-order valence-corrected chi connectivity index (χ3v) is 3.80. The van der Waals surface area contributed by atoms with Gasteiger partial charge in [-0.1, -0.05) is 51.8 Å². The molecule has 1 atom stereocenters. The van der Waals surface area contributed by atoms with E-state index in [4.69, 9.17) is 11.2 Å². The molecule has 0 aromatic heterocycles. The Morgan fingerprint density at radius 1 is 1.24 bits per heavy atom. The largest absolute Gasteiger partial charge is 0.493 e. The molecule has 0 bridgehead atoms. The Labute approximate surface area is 131 Å². The summed E-state index contributed by atoms with van der Waals surface area (Å²) in [4.78, 5) is 0. The summed E-state index contributed by atoms with van der Waals surface area (Å²) in [5.74, 6) is 4.29. The smallest absolute Gasteiger partial charge is 0.126 e. The van der Waals surface area contributed by atoms with Gasteiger partial charge in [-0.05, 0) is 37.2 Å². The van der Waals surface area contributed by atoms with Crippen LogP contribution in [0.5, 0.6) is 5.75 Å². The first-order valence-corrected chi connectivity index (χ1v) is 8.06. The molecule has 0 aliphatic rings. The van der Waals surface area contributed by atoms with E-state index in [9.17, 15) is 0 Å². The van der Waals surface area contributed by atoms with Crippen LogP contribution in [-0.2, 0) is 5.41 Å². The van der Waals surface area contributed by atoms with Gasteiger partial charge in [-0.15, -0.1) is 12.3 Å². The van der Waals surface area contributed by atoms with E-state index in [1.807, 2.05) is 6.92 Å². The van der Waals surface area contributed by atoms with Crippen LogP contribution in [0, 0.1) is 19.3 Å². The lowest BCUT2D eigenvalue weighted by molar-refractivity contribution is 0.322. The van der Waals surface area contributed by atoms with Crippen LogP contribution >= 0.6 is 0 Å². The summed E-state index contributed by atoms with van der Waals surface area (Å²) in [6, 6.07) is 4.52. The summed E-state index contributed by atoms with van der Waals surface area (Å²) in [6.45, 7) is 13.8. The Hall–Kier alpha value is -1.42. The number of hydrogen-bond donors (Lipinski definition) is 0. The monoisotopic (exact) mass is 286 g/mol. The normalized spacial score (nSPS) is 12.8. The lowest BCUT2D eigenvalue weighted by atomic mass is 9.80. The first kappa shape index (κ1) is 17.6. The van der Waals surface area contributed by atoms with Crippen molar-refractivity contribution in [1.29, 1.82) is 0 Å². The van der Waals surface area contributed by atoms with Gasteiger partial charge in [0.2, 0.25) is 0 Å². The number of rotatable bonds is 6. The van der Waals surface area contributed by atoms with E-state index in [-0.39, 0.29) is 5.41 Å². The highest BCUT2D eigenvalue weighted by Crippen LogP contribution is 2.40. The van der Waals surface area contributed by atoms with Crippen LogP contribution in [0.25, 0.3) is 0 Å². The van der Waals surface area contributed by atoms with Gasteiger partial charge in [-0.3, -0.25) is 0 Å². The average molecular weight is 286 g/mol. The van der Waals surface area contributed by atoms with Gasteiger partial charge in [0.25, 0.3) is 0 Å². The molecule has 0 fully saturated rings. The lowest BCUT2D eigenvalue weighted by Crippen LogP contribution is -2.16. The Balaban J connectivity index is 3.47. The molecule has 1 aromatic rings. The third kappa shape index (κ3) is 4.53. The molecular formula is C20H30O. The predicted molar refractivity (Wildman–Crippen MR) is 92.1 cm³/mol. The Morgan fingerprint density at radius 2 is 1.90 bits per heavy atom. The van der Waals surface area contributed by atoms with E-state index < -0.39 is 0 Å². The molecular weight excluding hydrogens is 256 g/mol. The van der Waals surface area contributed by atoms with Crippen LogP contribution in [0.1, 0.15) is 76.5 Å². The molecule has 0 aliphatic heterocycles. The number of hydrogen-bond acceptors (Lipinski definition) is 1. The topological polar surface area (TPSA) is 9.23 Å². The van der Waals surface area contributed by atoms with Crippen LogP contribution in [0.2, 0.25) is 0 Å². The fourth-order valence-electron chi connectivity index (χ4n) is 2.83. The van der Waals surface area contributed by atoms with Crippen molar-refractivity contribution in [2.45, 2.75) is 72.1 Å². The third-order valence-electron chi connectivity index (χ3n) is 3.80. The minimum absolute atomic E-state index is 0.0676. The van der Waals surface area contributed by atoms with Gasteiger partial charge in [0, 0.05) is 12.0 Å². The molecule has 0 saturated carbocycles. The number of benzene rings is 1. The maximum atomic E-state index is 6.05. The van der Waals surface area contributed by atoms with E-state index >= 15 is 0 Å². The summed E-state index contributed by atoms with van der Waals surface area (Å²) >= 11 is 0. The van der Waals surface area contributed by atoms with Crippen molar-refractivity contribution < 1.29 is 4.74 Å². The maximum absolute atomic E-state index is 6.05. The summed E-state index contributed by atoms with van der Waals surface area (Å²) in [7, 11) is 0. The van der Waals surface area contributed by atoms with Crippen LogP contribution in [-0.4, -0.2) is 6.61 Å². The molecule has 0 spiro atoms. The van der Waals surface area contributed by atoms with Gasteiger partial charge in [-0.25, -0.2) is 0 Å². The first-order valence-electron chi connectivity index (χ1n) is 8.06. The highest BCUT2D eigenvalue weighted by atomic mass is 16.5. The van der Waals surface area contributed by atoms with Crippen molar-refractivity contribution >= 4 is 0 Å². The standard InChI is InChI=1S/C20H30O/c1-8-11-16(12-9-2)17-13-15(4)14-18(20(5,6)7)19(17)21-10-3/h1,13-14,16H,9-12H2,2-7H3. The Bertz CT molecular complexity index is 500. The van der Waals surface area contributed by atoms with Crippen LogP contribution in [0.15, 0.2) is 12.1 Å². The second-order valence-corrected chi connectivity index (χ2v) is 6.81. The van der Waals surface area contributed by atoms with Crippen molar-refractivity contribution in [3.63, 3.8) is 0 Å². The molecule has 1 heteroatoms. The van der Waals surface area contributed by atoms with Gasteiger partial charge in [0.1, 0.15) is 5.75 Å². The van der Waals surface area contributed by atoms with Gasteiger partial charge in [0.05, 0.1) is 6.61 Å². The van der Waals surface area contributed by atoms with Crippen molar-refractivity contribution in [3.8, 4) is 18.1 Å².